The topological polar surface area (TPSA) is 54.2 Å². The fourth-order valence-electron chi connectivity index (χ4n) is 3.35. The van der Waals surface area contributed by atoms with Gasteiger partial charge in [-0.3, -0.25) is 4.90 Å². The molecule has 1 aliphatic heterocycles. The molecule has 0 radical (unpaired) electrons. The van der Waals surface area contributed by atoms with Gasteiger partial charge in [-0.1, -0.05) is 19.1 Å². The minimum Gasteiger partial charge on any atom is -0.392 e. The van der Waals surface area contributed by atoms with Gasteiger partial charge in [-0.2, -0.15) is 13.2 Å². The molecule has 25 heavy (non-hydrogen) atoms. The summed E-state index contributed by atoms with van der Waals surface area (Å²) in [5.41, 5.74) is -0.109. The molecule has 5 nitrogen and oxygen atoms in total. The highest BCUT2D eigenvalue weighted by molar-refractivity contribution is 5.29. The number of aliphatic hydroxyl groups is 1. The number of nitrogens with zero attached hydrogens (tertiary/aromatic N) is 4. The van der Waals surface area contributed by atoms with Gasteiger partial charge in [0.15, 0.2) is 0 Å². The smallest absolute Gasteiger partial charge is 0.392 e. The first-order chi connectivity index (χ1) is 11.8. The van der Waals surface area contributed by atoms with Crippen LogP contribution in [0.3, 0.4) is 0 Å². The molecule has 0 amide bonds. The van der Waals surface area contributed by atoms with Crippen LogP contribution in [0.2, 0.25) is 0 Å². The van der Waals surface area contributed by atoms with Crippen LogP contribution in [0.4, 0.5) is 13.2 Å². The fraction of sp³-hybridized carbons (Fsp3) is 0.529. The van der Waals surface area contributed by atoms with Gasteiger partial charge in [0.05, 0.1) is 18.2 Å². The highest BCUT2D eigenvalue weighted by Crippen LogP contribution is 2.36. The third-order valence-electron chi connectivity index (χ3n) is 4.70. The van der Waals surface area contributed by atoms with E-state index in [1.54, 1.807) is 6.07 Å². The number of β-amino-alcohol motifs (C(OH)–C–C–N with tert-alkyl or cyclic N) is 1. The third kappa shape index (κ3) is 3.69. The molecule has 1 aliphatic rings. The molecule has 3 rings (SSSR count). The van der Waals surface area contributed by atoms with Crippen molar-refractivity contribution in [3.05, 3.63) is 47.0 Å². The quantitative estimate of drug-likeness (QED) is 0.917. The monoisotopic (exact) mass is 354 g/mol. The van der Waals surface area contributed by atoms with E-state index in [0.29, 0.717) is 25.1 Å². The van der Waals surface area contributed by atoms with E-state index >= 15 is 0 Å². The van der Waals surface area contributed by atoms with Gasteiger partial charge in [-0.25, -0.2) is 0 Å². The average molecular weight is 354 g/mol. The summed E-state index contributed by atoms with van der Waals surface area (Å²) in [6.45, 7) is 2.82. The number of aryl methyl sites for hydroxylation is 1. The Balaban J connectivity index is 1.86. The summed E-state index contributed by atoms with van der Waals surface area (Å²) in [7, 11) is 1.87. The van der Waals surface area contributed by atoms with Crippen molar-refractivity contribution in [1.82, 2.24) is 19.7 Å². The number of hydrogen-bond acceptors (Lipinski definition) is 4. The minimum atomic E-state index is -4.38. The van der Waals surface area contributed by atoms with E-state index in [0.717, 1.165) is 24.1 Å². The summed E-state index contributed by atoms with van der Waals surface area (Å²) in [4.78, 5) is 1.96. The molecular weight excluding hydrogens is 333 g/mol. The summed E-state index contributed by atoms with van der Waals surface area (Å²) in [6, 6.07) is 5.05. The van der Waals surface area contributed by atoms with Crippen molar-refractivity contribution in [2.45, 2.75) is 44.6 Å². The molecule has 0 saturated carbocycles. The van der Waals surface area contributed by atoms with Crippen molar-refractivity contribution in [3.63, 3.8) is 0 Å². The predicted octanol–water partition coefficient (Wildman–Crippen LogP) is 2.70. The Hall–Kier alpha value is -1.93. The Morgan fingerprint density at radius 2 is 1.96 bits per heavy atom. The van der Waals surface area contributed by atoms with Crippen molar-refractivity contribution in [2.24, 2.45) is 7.05 Å². The van der Waals surface area contributed by atoms with Gasteiger partial charge in [0.1, 0.15) is 11.6 Å². The number of likely N-dealkylation sites (tertiary alicyclic amines) is 1. The number of hydrogen-bond donors (Lipinski definition) is 1. The second-order valence-electron chi connectivity index (χ2n) is 6.40. The lowest BCUT2D eigenvalue weighted by Crippen LogP contribution is -2.26. The Kier molecular flexibility index (Phi) is 4.83. The summed E-state index contributed by atoms with van der Waals surface area (Å²) in [6.07, 6.45) is -3.79. The Labute approximate surface area is 144 Å². The van der Waals surface area contributed by atoms with E-state index in [1.165, 1.54) is 12.1 Å². The van der Waals surface area contributed by atoms with Crippen LogP contribution in [0.1, 0.15) is 42.2 Å². The zero-order chi connectivity index (χ0) is 18.2. The van der Waals surface area contributed by atoms with E-state index in [1.807, 2.05) is 23.4 Å². The fourth-order valence-corrected chi connectivity index (χ4v) is 3.35. The first-order valence-corrected chi connectivity index (χ1v) is 8.26. The minimum absolute atomic E-state index is 0.279. The van der Waals surface area contributed by atoms with E-state index in [9.17, 15) is 18.3 Å². The molecule has 0 spiro atoms. The molecule has 1 saturated heterocycles. The zero-order valence-corrected chi connectivity index (χ0v) is 14.2. The largest absolute Gasteiger partial charge is 0.416 e. The number of alkyl halides is 3. The van der Waals surface area contributed by atoms with Gasteiger partial charge < -0.3 is 9.67 Å². The van der Waals surface area contributed by atoms with Crippen LogP contribution in [0, 0.1) is 0 Å². The SMILES string of the molecule is CCc1nnc(CN2C[C@@H](O)C[C@H]2c2cccc(C(F)(F)F)c2)n1C. The highest BCUT2D eigenvalue weighted by atomic mass is 19.4. The maximum atomic E-state index is 13.0. The molecule has 2 atom stereocenters. The van der Waals surface area contributed by atoms with Crippen LogP contribution in [0.5, 0.6) is 0 Å². The third-order valence-corrected chi connectivity index (χ3v) is 4.70. The number of benzene rings is 1. The maximum Gasteiger partial charge on any atom is 0.416 e. The second kappa shape index (κ2) is 6.76. The van der Waals surface area contributed by atoms with E-state index in [-0.39, 0.29) is 6.04 Å². The van der Waals surface area contributed by atoms with Gasteiger partial charge in [0.2, 0.25) is 0 Å². The molecular formula is C17H21F3N4O. The van der Waals surface area contributed by atoms with Crippen molar-refractivity contribution in [3.8, 4) is 0 Å². The molecule has 0 aliphatic carbocycles. The number of halogens is 3. The van der Waals surface area contributed by atoms with Crippen LogP contribution < -0.4 is 0 Å². The van der Waals surface area contributed by atoms with Crippen LogP contribution in [-0.4, -0.2) is 37.4 Å². The lowest BCUT2D eigenvalue weighted by Gasteiger charge is -2.24. The van der Waals surface area contributed by atoms with Crippen molar-refractivity contribution >= 4 is 0 Å². The lowest BCUT2D eigenvalue weighted by molar-refractivity contribution is -0.137. The Morgan fingerprint density at radius 1 is 1.24 bits per heavy atom. The van der Waals surface area contributed by atoms with Gasteiger partial charge in [0, 0.05) is 26.1 Å². The number of aromatic nitrogens is 3. The highest BCUT2D eigenvalue weighted by Gasteiger charge is 2.35. The summed E-state index contributed by atoms with van der Waals surface area (Å²) in [5, 5.41) is 18.3. The molecule has 2 heterocycles. The number of aliphatic hydroxyl groups excluding tert-OH is 1. The normalized spacial score (nSPS) is 21.8. The van der Waals surface area contributed by atoms with Gasteiger partial charge in [-0.15, -0.1) is 10.2 Å². The molecule has 2 aromatic rings. The molecule has 1 N–H and O–H groups in total. The average Bonchev–Trinajstić information content (AvgIpc) is 3.10. The molecule has 1 fully saturated rings. The maximum absolute atomic E-state index is 13.0. The first-order valence-electron chi connectivity index (χ1n) is 8.26. The molecule has 0 unspecified atom stereocenters. The Morgan fingerprint density at radius 3 is 2.60 bits per heavy atom. The van der Waals surface area contributed by atoms with Gasteiger partial charge in [-0.05, 0) is 24.1 Å². The zero-order valence-electron chi connectivity index (χ0n) is 14.2. The van der Waals surface area contributed by atoms with E-state index in [4.69, 9.17) is 0 Å². The Bertz CT molecular complexity index is 744. The van der Waals surface area contributed by atoms with Crippen LogP contribution in [0.15, 0.2) is 24.3 Å². The molecule has 1 aromatic carbocycles. The van der Waals surface area contributed by atoms with Crippen molar-refractivity contribution in [2.75, 3.05) is 6.54 Å². The van der Waals surface area contributed by atoms with Crippen LogP contribution in [-0.2, 0) is 26.2 Å². The standard InChI is InChI=1S/C17H21F3N4O/c1-3-15-21-22-16(23(15)2)10-24-9-13(25)8-14(24)11-5-4-6-12(7-11)17(18,19)20/h4-7,13-14,25H,3,8-10H2,1-2H3/t13-,14-/m0/s1. The van der Waals surface area contributed by atoms with Crippen LogP contribution >= 0.6 is 0 Å². The first kappa shape index (κ1) is 17.9. The van der Waals surface area contributed by atoms with Crippen molar-refractivity contribution in [1.29, 1.82) is 0 Å². The lowest BCUT2D eigenvalue weighted by atomic mass is 10.0. The van der Waals surface area contributed by atoms with Crippen molar-refractivity contribution < 1.29 is 18.3 Å². The summed E-state index contributed by atoms with van der Waals surface area (Å²) in [5.74, 6) is 1.59. The summed E-state index contributed by atoms with van der Waals surface area (Å²) >= 11 is 0. The molecule has 136 valence electrons. The number of rotatable bonds is 4. The molecule has 8 heteroatoms. The predicted molar refractivity (Wildman–Crippen MR) is 85.6 cm³/mol. The van der Waals surface area contributed by atoms with Gasteiger partial charge >= 0.3 is 6.18 Å². The molecule has 0 bridgehead atoms. The second-order valence-corrected chi connectivity index (χ2v) is 6.40. The van der Waals surface area contributed by atoms with E-state index < -0.39 is 17.8 Å². The van der Waals surface area contributed by atoms with Gasteiger partial charge in [0.25, 0.3) is 0 Å². The van der Waals surface area contributed by atoms with E-state index in [2.05, 4.69) is 10.2 Å². The van der Waals surface area contributed by atoms with Crippen LogP contribution in [0.25, 0.3) is 0 Å². The molecule has 1 aromatic heterocycles. The summed E-state index contributed by atoms with van der Waals surface area (Å²) < 4.78 is 40.9.